The van der Waals surface area contributed by atoms with Gasteiger partial charge in [0.15, 0.2) is 0 Å². The van der Waals surface area contributed by atoms with Gasteiger partial charge in [0.05, 0.1) is 0 Å². The maximum atomic E-state index is 11.6. The Morgan fingerprint density at radius 3 is 1.32 bits per heavy atom. The summed E-state index contributed by atoms with van der Waals surface area (Å²) in [4.78, 5) is 45.3. The highest BCUT2D eigenvalue weighted by Crippen LogP contribution is 2.10. The summed E-state index contributed by atoms with van der Waals surface area (Å²) in [6.45, 7) is 18.3. The molecule has 3 amide bonds. The molecule has 11 heteroatoms. The lowest BCUT2D eigenvalue weighted by Crippen LogP contribution is -2.47. The quantitative estimate of drug-likeness (QED) is 0.402. The number of likely N-dealkylation sites (N-methyl/N-ethyl adjacent to an activating group) is 1. The van der Waals surface area contributed by atoms with Crippen LogP contribution >= 0.6 is 0 Å². The first kappa shape index (κ1) is 36.0. The van der Waals surface area contributed by atoms with Crippen molar-refractivity contribution in [2.45, 2.75) is 105 Å². The fourth-order valence-electron chi connectivity index (χ4n) is 2.47. The van der Waals surface area contributed by atoms with Crippen molar-refractivity contribution in [2.75, 3.05) is 7.05 Å². The molecule has 0 spiro atoms. The van der Waals surface area contributed by atoms with E-state index in [4.69, 9.17) is 14.6 Å². The molecule has 0 saturated carbocycles. The molecule has 0 aromatic carbocycles. The van der Waals surface area contributed by atoms with Gasteiger partial charge < -0.3 is 36.0 Å². The first-order valence-electron chi connectivity index (χ1n) is 11.2. The summed E-state index contributed by atoms with van der Waals surface area (Å²) in [6, 6.07) is -1.44. The van der Waals surface area contributed by atoms with Gasteiger partial charge in [-0.1, -0.05) is 27.7 Å². The fourth-order valence-corrected chi connectivity index (χ4v) is 2.47. The normalized spacial score (nSPS) is 12.9. The Bertz CT molecular complexity index is 637. The average Bonchev–Trinajstić information content (AvgIpc) is 2.56. The van der Waals surface area contributed by atoms with Crippen molar-refractivity contribution in [1.82, 2.24) is 16.0 Å². The van der Waals surface area contributed by atoms with Crippen molar-refractivity contribution < 1.29 is 39.2 Å². The van der Waals surface area contributed by atoms with Gasteiger partial charge in [-0.3, -0.25) is 4.79 Å². The summed E-state index contributed by atoms with van der Waals surface area (Å²) in [6.07, 6.45) is -0.291. The molecule has 0 aliphatic rings. The third kappa shape index (κ3) is 21.3. The standard InChI is InChI=1S/C12H24N2O3.C11H21NO4.H2O/c1-8(2)7-9(10(15)13-6)14-11(16)17-12(3,4)5;1-7(2)6-8(9(13)14)12-10(15)16-11(3,4)5;/h8-9H,7H2,1-6H3,(H,13,15)(H,14,16);7-8H,6H2,1-5H3,(H,12,15)(H,13,14);1H2/t9-;8-;/m00./s1. The summed E-state index contributed by atoms with van der Waals surface area (Å²) in [5, 5.41) is 16.4. The van der Waals surface area contributed by atoms with Crippen molar-refractivity contribution in [3.63, 3.8) is 0 Å². The lowest BCUT2D eigenvalue weighted by molar-refractivity contribution is -0.140. The van der Waals surface area contributed by atoms with Crippen LogP contribution in [0.1, 0.15) is 82.1 Å². The lowest BCUT2D eigenvalue weighted by Gasteiger charge is -2.23. The van der Waals surface area contributed by atoms with Crippen LogP contribution in [-0.4, -0.2) is 65.0 Å². The van der Waals surface area contributed by atoms with Gasteiger partial charge in [-0.05, 0) is 66.2 Å². The molecule has 11 nitrogen and oxygen atoms in total. The number of hydrogen-bond acceptors (Lipinski definition) is 6. The van der Waals surface area contributed by atoms with Crippen LogP contribution in [0.4, 0.5) is 9.59 Å². The third-order valence-electron chi connectivity index (χ3n) is 3.66. The average molecular weight is 494 g/mol. The second-order valence-corrected chi connectivity index (χ2v) is 10.6. The number of ether oxygens (including phenoxy) is 2. The highest BCUT2D eigenvalue weighted by atomic mass is 16.6. The molecule has 0 fully saturated rings. The number of carbonyl (C=O) groups is 4. The summed E-state index contributed by atoms with van der Waals surface area (Å²) in [7, 11) is 1.55. The third-order valence-corrected chi connectivity index (χ3v) is 3.66. The predicted molar refractivity (Wildman–Crippen MR) is 131 cm³/mol. The van der Waals surface area contributed by atoms with Crippen LogP contribution in [0, 0.1) is 11.8 Å². The van der Waals surface area contributed by atoms with E-state index in [2.05, 4.69) is 16.0 Å². The van der Waals surface area contributed by atoms with Crippen molar-refractivity contribution in [3.05, 3.63) is 0 Å². The molecule has 0 radical (unpaired) electrons. The van der Waals surface area contributed by atoms with E-state index in [0.717, 1.165) is 0 Å². The van der Waals surface area contributed by atoms with E-state index in [9.17, 15) is 19.2 Å². The maximum Gasteiger partial charge on any atom is 0.408 e. The second kappa shape index (κ2) is 16.1. The minimum Gasteiger partial charge on any atom is -0.480 e. The topological polar surface area (TPSA) is 175 Å². The van der Waals surface area contributed by atoms with Gasteiger partial charge in [0, 0.05) is 7.05 Å². The molecule has 0 unspecified atom stereocenters. The highest BCUT2D eigenvalue weighted by Gasteiger charge is 2.25. The first-order valence-corrected chi connectivity index (χ1v) is 11.2. The number of amides is 3. The number of hydrogen-bond donors (Lipinski definition) is 4. The Hall–Kier alpha value is -2.56. The molecule has 0 aromatic heterocycles. The molecule has 0 heterocycles. The largest absolute Gasteiger partial charge is 0.480 e. The first-order chi connectivity index (χ1) is 14.8. The van der Waals surface area contributed by atoms with Gasteiger partial charge >= 0.3 is 18.2 Å². The molecule has 0 saturated heterocycles. The van der Waals surface area contributed by atoms with E-state index in [-0.39, 0.29) is 17.3 Å². The monoisotopic (exact) mass is 493 g/mol. The van der Waals surface area contributed by atoms with Gasteiger partial charge in [-0.25, -0.2) is 14.4 Å². The van der Waals surface area contributed by atoms with Crippen molar-refractivity contribution in [1.29, 1.82) is 0 Å². The van der Waals surface area contributed by atoms with E-state index < -0.39 is 41.4 Å². The van der Waals surface area contributed by atoms with E-state index in [1.54, 1.807) is 48.6 Å². The zero-order chi connectivity index (χ0) is 26.6. The molecular formula is C23H47N3O8. The van der Waals surface area contributed by atoms with Crippen LogP contribution in [0.5, 0.6) is 0 Å². The van der Waals surface area contributed by atoms with Crippen molar-refractivity contribution in [2.24, 2.45) is 11.8 Å². The zero-order valence-corrected chi connectivity index (χ0v) is 22.6. The summed E-state index contributed by atoms with van der Waals surface area (Å²) < 4.78 is 10.1. The predicted octanol–water partition coefficient (Wildman–Crippen LogP) is 2.86. The van der Waals surface area contributed by atoms with E-state index in [1.165, 1.54) is 0 Å². The number of carbonyl (C=O) groups excluding carboxylic acids is 3. The van der Waals surface area contributed by atoms with Gasteiger partial charge in [0.1, 0.15) is 23.3 Å². The molecule has 0 aromatic rings. The number of alkyl carbamates (subject to hydrolysis) is 2. The molecule has 0 aliphatic heterocycles. The van der Waals surface area contributed by atoms with Crippen molar-refractivity contribution in [3.8, 4) is 0 Å². The van der Waals surface area contributed by atoms with Crippen LogP contribution in [0.2, 0.25) is 0 Å². The fraction of sp³-hybridized carbons (Fsp3) is 0.826. The smallest absolute Gasteiger partial charge is 0.408 e. The van der Waals surface area contributed by atoms with E-state index in [0.29, 0.717) is 18.8 Å². The number of nitrogens with one attached hydrogen (secondary N) is 3. The number of carboxylic acid groups (broad SMARTS) is 1. The van der Waals surface area contributed by atoms with Crippen LogP contribution < -0.4 is 16.0 Å². The Kier molecular flexibility index (Phi) is 17.1. The molecule has 0 rings (SSSR count). The van der Waals surface area contributed by atoms with Gasteiger partial charge in [-0.15, -0.1) is 0 Å². The number of carboxylic acids is 1. The Labute approximate surface area is 204 Å². The Morgan fingerprint density at radius 2 is 1.06 bits per heavy atom. The lowest BCUT2D eigenvalue weighted by atomic mass is 10.0. The molecule has 2 atom stereocenters. The van der Waals surface area contributed by atoms with E-state index >= 15 is 0 Å². The summed E-state index contributed by atoms with van der Waals surface area (Å²) >= 11 is 0. The minimum absolute atomic E-state index is 0. The number of aliphatic carboxylic acids is 1. The Morgan fingerprint density at radius 1 is 0.735 bits per heavy atom. The second-order valence-electron chi connectivity index (χ2n) is 10.6. The SMILES string of the molecule is CC(C)C[C@H](NC(=O)OC(C)(C)C)C(=O)O.CNC(=O)[C@H](CC(C)C)NC(=O)OC(C)(C)C.O. The highest BCUT2D eigenvalue weighted by molar-refractivity contribution is 5.85. The van der Waals surface area contributed by atoms with Crippen LogP contribution in [0.15, 0.2) is 0 Å². The van der Waals surface area contributed by atoms with Crippen molar-refractivity contribution >= 4 is 24.1 Å². The molecule has 34 heavy (non-hydrogen) atoms. The van der Waals surface area contributed by atoms with Gasteiger partial charge in [0.2, 0.25) is 5.91 Å². The molecule has 0 aliphatic carbocycles. The zero-order valence-electron chi connectivity index (χ0n) is 22.6. The van der Waals surface area contributed by atoms with E-state index in [1.807, 2.05) is 27.7 Å². The Balaban J connectivity index is -0.000000550. The molecular weight excluding hydrogens is 446 g/mol. The van der Waals surface area contributed by atoms with Crippen LogP contribution in [-0.2, 0) is 19.1 Å². The van der Waals surface area contributed by atoms with Gasteiger partial charge in [-0.2, -0.15) is 0 Å². The maximum absolute atomic E-state index is 11.6. The minimum atomic E-state index is -1.04. The summed E-state index contributed by atoms with van der Waals surface area (Å²) in [5.41, 5.74) is -1.18. The van der Waals surface area contributed by atoms with Crippen LogP contribution in [0.3, 0.4) is 0 Å². The molecule has 202 valence electrons. The van der Waals surface area contributed by atoms with Crippen LogP contribution in [0.25, 0.3) is 0 Å². The molecule has 6 N–H and O–H groups in total. The summed E-state index contributed by atoms with van der Waals surface area (Å²) in [5.74, 6) is -0.743. The molecule has 0 bridgehead atoms. The van der Waals surface area contributed by atoms with Gasteiger partial charge in [0.25, 0.3) is 0 Å². The number of rotatable bonds is 8.